The van der Waals surface area contributed by atoms with E-state index in [2.05, 4.69) is 15.1 Å². The van der Waals surface area contributed by atoms with Crippen molar-refractivity contribution >= 4 is 0 Å². The lowest BCUT2D eigenvalue weighted by Crippen LogP contribution is -2.18. The van der Waals surface area contributed by atoms with Crippen LogP contribution < -0.4 is 5.73 Å². The van der Waals surface area contributed by atoms with Gasteiger partial charge < -0.3 is 15.0 Å². The number of hydrogen-bond acceptors (Lipinski definition) is 6. The van der Waals surface area contributed by atoms with Crippen molar-refractivity contribution < 1.29 is 9.26 Å². The van der Waals surface area contributed by atoms with Gasteiger partial charge in [0.1, 0.15) is 11.8 Å². The Kier molecular flexibility index (Phi) is 3.27. The van der Waals surface area contributed by atoms with Gasteiger partial charge in [-0.25, -0.2) is 0 Å². The van der Waals surface area contributed by atoms with Gasteiger partial charge in [-0.15, -0.1) is 0 Å². The zero-order chi connectivity index (χ0) is 13.2. The van der Waals surface area contributed by atoms with Gasteiger partial charge >= 0.3 is 0 Å². The Hall–Kier alpha value is -1.79. The number of rotatable bonds is 3. The van der Waals surface area contributed by atoms with Crippen molar-refractivity contribution in [3.63, 3.8) is 0 Å². The van der Waals surface area contributed by atoms with Crippen LogP contribution in [0.4, 0.5) is 0 Å². The lowest BCUT2D eigenvalue weighted by atomic mass is 10.2. The van der Waals surface area contributed by atoms with Gasteiger partial charge in [-0.05, 0) is 31.4 Å². The lowest BCUT2D eigenvalue weighted by Gasteiger charge is -2.07. The topological polar surface area (TPSA) is 87.1 Å². The van der Waals surface area contributed by atoms with Crippen LogP contribution in [-0.4, -0.2) is 27.8 Å². The second-order valence-corrected chi connectivity index (χ2v) is 4.68. The van der Waals surface area contributed by atoms with E-state index in [4.69, 9.17) is 15.0 Å². The average molecular weight is 260 g/mol. The van der Waals surface area contributed by atoms with Crippen molar-refractivity contribution in [1.82, 2.24) is 15.1 Å². The van der Waals surface area contributed by atoms with Crippen molar-refractivity contribution in [1.29, 1.82) is 0 Å². The number of hydrogen-bond donors (Lipinski definition) is 1. The molecule has 0 bridgehead atoms. The van der Waals surface area contributed by atoms with Crippen LogP contribution in [0.15, 0.2) is 22.9 Å². The van der Waals surface area contributed by atoms with Gasteiger partial charge in [-0.1, -0.05) is 11.2 Å². The van der Waals surface area contributed by atoms with E-state index in [0.717, 1.165) is 24.1 Å². The third-order valence-electron chi connectivity index (χ3n) is 3.31. The minimum Gasteiger partial charge on any atom is -0.364 e. The predicted octanol–water partition coefficient (Wildman–Crippen LogP) is 1.62. The molecule has 0 saturated carbocycles. The fourth-order valence-electron chi connectivity index (χ4n) is 2.24. The number of aryl methyl sites for hydroxylation is 1. The molecule has 2 atom stereocenters. The molecule has 2 unspecified atom stereocenters. The van der Waals surface area contributed by atoms with E-state index in [9.17, 15) is 0 Å². The first-order chi connectivity index (χ1) is 9.28. The molecule has 3 heterocycles. The molecule has 2 aromatic heterocycles. The van der Waals surface area contributed by atoms with Crippen molar-refractivity contribution in [2.45, 2.75) is 32.0 Å². The standard InChI is InChI=1S/C13H16N4O2/c1-8-3-2-6-15-11(8)12-16-13(19-17-12)10-5-4-9(7-14)18-10/h2-3,6,9-10H,4-5,7,14H2,1H3. The number of pyridine rings is 1. The monoisotopic (exact) mass is 260 g/mol. The Morgan fingerprint density at radius 3 is 3.05 bits per heavy atom. The van der Waals surface area contributed by atoms with Crippen LogP contribution in [0.2, 0.25) is 0 Å². The molecule has 2 aromatic rings. The van der Waals surface area contributed by atoms with Gasteiger partial charge in [0.25, 0.3) is 5.89 Å². The van der Waals surface area contributed by atoms with Crippen LogP contribution in [0, 0.1) is 6.92 Å². The summed E-state index contributed by atoms with van der Waals surface area (Å²) in [6, 6.07) is 3.85. The maximum absolute atomic E-state index is 5.73. The first-order valence-electron chi connectivity index (χ1n) is 6.39. The quantitative estimate of drug-likeness (QED) is 0.902. The molecular weight excluding hydrogens is 244 g/mol. The summed E-state index contributed by atoms with van der Waals surface area (Å²) in [4.78, 5) is 8.66. The van der Waals surface area contributed by atoms with Crippen molar-refractivity contribution in [2.75, 3.05) is 6.54 Å². The highest BCUT2D eigenvalue weighted by Crippen LogP contribution is 2.32. The Bertz CT molecular complexity index is 569. The zero-order valence-corrected chi connectivity index (χ0v) is 10.7. The molecule has 1 aliphatic heterocycles. The smallest absolute Gasteiger partial charge is 0.256 e. The van der Waals surface area contributed by atoms with E-state index in [1.165, 1.54) is 0 Å². The third-order valence-corrected chi connectivity index (χ3v) is 3.31. The Balaban J connectivity index is 1.82. The molecule has 6 heteroatoms. The van der Waals surface area contributed by atoms with Gasteiger partial charge in [0.2, 0.25) is 5.82 Å². The molecule has 2 N–H and O–H groups in total. The molecule has 0 aliphatic carbocycles. The van der Waals surface area contributed by atoms with Gasteiger partial charge in [0, 0.05) is 12.7 Å². The van der Waals surface area contributed by atoms with Crippen molar-refractivity contribution in [3.8, 4) is 11.5 Å². The van der Waals surface area contributed by atoms with Crippen LogP contribution in [0.1, 0.15) is 30.4 Å². The summed E-state index contributed by atoms with van der Waals surface area (Å²) in [5.41, 5.74) is 7.35. The van der Waals surface area contributed by atoms with Crippen LogP contribution in [0.25, 0.3) is 11.5 Å². The number of nitrogens with zero attached hydrogens (tertiary/aromatic N) is 3. The van der Waals surface area contributed by atoms with Crippen molar-refractivity contribution in [2.24, 2.45) is 5.73 Å². The van der Waals surface area contributed by atoms with E-state index in [1.807, 2.05) is 19.1 Å². The second kappa shape index (κ2) is 5.07. The SMILES string of the molecule is Cc1cccnc1-c1noc(C2CCC(CN)O2)n1. The van der Waals surface area contributed by atoms with Gasteiger partial charge in [0.05, 0.1) is 6.10 Å². The second-order valence-electron chi connectivity index (χ2n) is 4.68. The maximum Gasteiger partial charge on any atom is 0.256 e. The molecule has 100 valence electrons. The highest BCUT2D eigenvalue weighted by molar-refractivity contribution is 5.53. The normalized spacial score (nSPS) is 22.8. The van der Waals surface area contributed by atoms with Gasteiger partial charge in [-0.3, -0.25) is 4.98 Å². The first kappa shape index (κ1) is 12.3. The first-order valence-corrected chi connectivity index (χ1v) is 6.39. The number of ether oxygens (including phenoxy) is 1. The highest BCUT2D eigenvalue weighted by atomic mass is 16.5. The molecule has 0 radical (unpaired) electrons. The summed E-state index contributed by atoms with van der Waals surface area (Å²) in [7, 11) is 0. The molecule has 19 heavy (non-hydrogen) atoms. The summed E-state index contributed by atoms with van der Waals surface area (Å²) in [6.07, 6.45) is 3.47. The predicted molar refractivity (Wildman–Crippen MR) is 68.2 cm³/mol. The minimum absolute atomic E-state index is 0.0944. The largest absolute Gasteiger partial charge is 0.364 e. The summed E-state index contributed by atoms with van der Waals surface area (Å²) >= 11 is 0. The zero-order valence-electron chi connectivity index (χ0n) is 10.7. The van der Waals surface area contributed by atoms with Gasteiger partial charge in [-0.2, -0.15) is 4.98 Å². The minimum atomic E-state index is -0.140. The summed E-state index contributed by atoms with van der Waals surface area (Å²) < 4.78 is 11.0. The Morgan fingerprint density at radius 1 is 1.42 bits per heavy atom. The molecule has 1 saturated heterocycles. The summed E-state index contributed by atoms with van der Waals surface area (Å²) in [5.74, 6) is 1.02. The molecule has 1 aliphatic rings. The van der Waals surface area contributed by atoms with E-state index >= 15 is 0 Å². The molecule has 1 fully saturated rings. The van der Waals surface area contributed by atoms with Crippen LogP contribution >= 0.6 is 0 Å². The van der Waals surface area contributed by atoms with E-state index in [-0.39, 0.29) is 12.2 Å². The number of nitrogens with two attached hydrogens (primary N) is 1. The van der Waals surface area contributed by atoms with Crippen molar-refractivity contribution in [3.05, 3.63) is 29.8 Å². The fourth-order valence-corrected chi connectivity index (χ4v) is 2.24. The third kappa shape index (κ3) is 2.36. The maximum atomic E-state index is 5.73. The average Bonchev–Trinajstić information content (AvgIpc) is 3.08. The molecule has 6 nitrogen and oxygen atoms in total. The molecule has 3 rings (SSSR count). The van der Waals surface area contributed by atoms with E-state index in [0.29, 0.717) is 18.3 Å². The molecule has 0 aromatic carbocycles. The number of aromatic nitrogens is 3. The molecule has 0 amide bonds. The fraction of sp³-hybridized carbons (Fsp3) is 0.462. The van der Waals surface area contributed by atoms with Crippen LogP contribution in [0.5, 0.6) is 0 Å². The lowest BCUT2D eigenvalue weighted by molar-refractivity contribution is 0.0307. The molecule has 0 spiro atoms. The van der Waals surface area contributed by atoms with E-state index in [1.54, 1.807) is 6.20 Å². The van der Waals surface area contributed by atoms with E-state index < -0.39 is 0 Å². The Labute approximate surface area is 111 Å². The van der Waals surface area contributed by atoms with Gasteiger partial charge in [0.15, 0.2) is 0 Å². The van der Waals surface area contributed by atoms with Crippen LogP contribution in [0.3, 0.4) is 0 Å². The Morgan fingerprint density at radius 2 is 2.32 bits per heavy atom. The molecular formula is C13H16N4O2. The summed E-state index contributed by atoms with van der Waals surface area (Å²) in [5, 5.41) is 3.98. The summed E-state index contributed by atoms with van der Waals surface area (Å²) in [6.45, 7) is 2.49. The highest BCUT2D eigenvalue weighted by Gasteiger charge is 2.30. The van der Waals surface area contributed by atoms with Crippen LogP contribution in [-0.2, 0) is 4.74 Å².